The molecule has 0 N–H and O–H groups in total. The van der Waals surface area contributed by atoms with Gasteiger partial charge in [-0.1, -0.05) is 74.3 Å². The van der Waals surface area contributed by atoms with Crippen LogP contribution in [0.1, 0.15) is 11.1 Å². The molecular formula is C22H16Br2N2. The third-order valence-corrected chi connectivity index (χ3v) is 5.33. The molecule has 1 aliphatic heterocycles. The van der Waals surface area contributed by atoms with Gasteiger partial charge in [0.25, 0.3) is 0 Å². The summed E-state index contributed by atoms with van der Waals surface area (Å²) in [6, 6.07) is 27.0. The molecule has 0 unspecified atom stereocenters. The number of nitrogens with zero attached hydrogens (tertiary/aromatic N) is 2. The first-order valence-corrected chi connectivity index (χ1v) is 9.91. The normalized spacial score (nSPS) is 14.0. The van der Waals surface area contributed by atoms with Crippen LogP contribution < -0.4 is 5.01 Å². The molecule has 26 heavy (non-hydrogen) atoms. The number of allylic oxidation sites excluding steroid dienone is 1. The number of benzene rings is 3. The fourth-order valence-corrected chi connectivity index (χ4v) is 3.44. The van der Waals surface area contributed by atoms with Crippen molar-refractivity contribution in [1.29, 1.82) is 0 Å². The first-order valence-electron chi connectivity index (χ1n) is 8.33. The highest BCUT2D eigenvalue weighted by Crippen LogP contribution is 2.27. The standard InChI is InChI=1S/C22H16Br2N2/c23-19-10-6-16(7-11-19)18-14-22(17-8-12-20(24)13-9-17)25-26(15-18)21-4-2-1-3-5-21/h1-14H,15H2. The first kappa shape index (κ1) is 17.3. The zero-order valence-electron chi connectivity index (χ0n) is 13.9. The summed E-state index contributed by atoms with van der Waals surface area (Å²) in [6.07, 6.45) is 2.19. The molecule has 0 aliphatic carbocycles. The van der Waals surface area contributed by atoms with Crippen LogP contribution in [0.4, 0.5) is 5.69 Å². The molecular weight excluding hydrogens is 452 g/mol. The Labute approximate surface area is 170 Å². The topological polar surface area (TPSA) is 15.6 Å². The van der Waals surface area contributed by atoms with E-state index < -0.39 is 0 Å². The van der Waals surface area contributed by atoms with E-state index in [0.29, 0.717) is 0 Å². The Morgan fingerprint density at radius 1 is 0.692 bits per heavy atom. The number of rotatable bonds is 3. The van der Waals surface area contributed by atoms with Crippen molar-refractivity contribution in [3.05, 3.63) is 105 Å². The van der Waals surface area contributed by atoms with Crippen molar-refractivity contribution in [3.8, 4) is 0 Å². The van der Waals surface area contributed by atoms with E-state index in [2.05, 4.69) is 91.5 Å². The zero-order valence-corrected chi connectivity index (χ0v) is 17.1. The van der Waals surface area contributed by atoms with Crippen molar-refractivity contribution in [2.75, 3.05) is 11.6 Å². The van der Waals surface area contributed by atoms with E-state index in [9.17, 15) is 0 Å². The lowest BCUT2D eigenvalue weighted by Gasteiger charge is -2.26. The largest absolute Gasteiger partial charge is 0.261 e. The van der Waals surface area contributed by atoms with Crippen LogP contribution in [0.5, 0.6) is 0 Å². The van der Waals surface area contributed by atoms with E-state index in [1.807, 2.05) is 30.3 Å². The molecule has 3 aromatic rings. The molecule has 1 aliphatic rings. The molecule has 128 valence electrons. The molecule has 2 nitrogen and oxygen atoms in total. The van der Waals surface area contributed by atoms with Gasteiger partial charge in [-0.3, -0.25) is 5.01 Å². The van der Waals surface area contributed by atoms with Gasteiger partial charge in [-0.2, -0.15) is 5.10 Å². The number of hydrazone groups is 1. The molecule has 4 rings (SSSR count). The van der Waals surface area contributed by atoms with Gasteiger partial charge in [0.1, 0.15) is 0 Å². The van der Waals surface area contributed by atoms with Crippen LogP contribution in [-0.2, 0) is 0 Å². The molecule has 1 heterocycles. The van der Waals surface area contributed by atoms with Gasteiger partial charge in [0.15, 0.2) is 0 Å². The average molecular weight is 468 g/mol. The molecule has 4 heteroatoms. The van der Waals surface area contributed by atoms with Crippen LogP contribution in [-0.4, -0.2) is 12.3 Å². The van der Waals surface area contributed by atoms with Crippen LogP contribution in [0.3, 0.4) is 0 Å². The summed E-state index contributed by atoms with van der Waals surface area (Å²) in [7, 11) is 0. The molecule has 0 atom stereocenters. The van der Waals surface area contributed by atoms with Gasteiger partial charge < -0.3 is 0 Å². The van der Waals surface area contributed by atoms with Crippen LogP contribution in [0.15, 0.2) is 99.0 Å². The zero-order chi connectivity index (χ0) is 17.9. The summed E-state index contributed by atoms with van der Waals surface area (Å²) < 4.78 is 2.15. The molecule has 0 spiro atoms. The summed E-state index contributed by atoms with van der Waals surface area (Å²) in [5, 5.41) is 6.96. The molecule has 0 saturated carbocycles. The molecule has 0 bridgehead atoms. The lowest BCUT2D eigenvalue weighted by molar-refractivity contribution is 0.941. The Bertz CT molecular complexity index is 959. The molecule has 0 saturated heterocycles. The van der Waals surface area contributed by atoms with Crippen molar-refractivity contribution in [1.82, 2.24) is 0 Å². The molecule has 3 aromatic carbocycles. The quantitative estimate of drug-likeness (QED) is 0.428. The fourth-order valence-electron chi connectivity index (χ4n) is 2.92. The Balaban J connectivity index is 1.78. The maximum atomic E-state index is 4.89. The van der Waals surface area contributed by atoms with Crippen LogP contribution in [0, 0.1) is 0 Å². The van der Waals surface area contributed by atoms with Crippen molar-refractivity contribution in [3.63, 3.8) is 0 Å². The Morgan fingerprint density at radius 2 is 1.27 bits per heavy atom. The van der Waals surface area contributed by atoms with Gasteiger partial charge in [-0.05, 0) is 53.6 Å². The number of halogens is 2. The number of para-hydroxylation sites is 1. The molecule has 0 amide bonds. The highest BCUT2D eigenvalue weighted by molar-refractivity contribution is 9.10. The van der Waals surface area contributed by atoms with Gasteiger partial charge in [0.05, 0.1) is 17.9 Å². The molecule has 0 aromatic heterocycles. The summed E-state index contributed by atoms with van der Waals surface area (Å²) in [4.78, 5) is 0. The third kappa shape index (κ3) is 3.81. The monoisotopic (exact) mass is 466 g/mol. The van der Waals surface area contributed by atoms with E-state index >= 15 is 0 Å². The van der Waals surface area contributed by atoms with Gasteiger partial charge in [0.2, 0.25) is 0 Å². The first-order chi connectivity index (χ1) is 12.7. The van der Waals surface area contributed by atoms with Crippen molar-refractivity contribution in [2.45, 2.75) is 0 Å². The molecule has 0 fully saturated rings. The lowest BCUT2D eigenvalue weighted by Crippen LogP contribution is -2.25. The summed E-state index contributed by atoms with van der Waals surface area (Å²) in [6.45, 7) is 0.742. The van der Waals surface area contributed by atoms with Crippen LogP contribution >= 0.6 is 31.9 Å². The minimum Gasteiger partial charge on any atom is -0.261 e. The van der Waals surface area contributed by atoms with Crippen LogP contribution in [0.25, 0.3) is 5.57 Å². The van der Waals surface area contributed by atoms with Crippen LogP contribution in [0.2, 0.25) is 0 Å². The number of hydrogen-bond acceptors (Lipinski definition) is 2. The average Bonchev–Trinajstić information content (AvgIpc) is 2.69. The predicted octanol–water partition coefficient (Wildman–Crippen LogP) is 6.52. The van der Waals surface area contributed by atoms with E-state index in [1.54, 1.807) is 0 Å². The number of anilines is 1. The van der Waals surface area contributed by atoms with Gasteiger partial charge in [-0.15, -0.1) is 0 Å². The Morgan fingerprint density at radius 3 is 1.88 bits per heavy atom. The second kappa shape index (κ2) is 7.60. The van der Waals surface area contributed by atoms with E-state index in [0.717, 1.165) is 32.5 Å². The molecule has 0 radical (unpaired) electrons. The lowest BCUT2D eigenvalue weighted by atomic mass is 10.00. The van der Waals surface area contributed by atoms with Crippen molar-refractivity contribution < 1.29 is 0 Å². The van der Waals surface area contributed by atoms with Gasteiger partial charge >= 0.3 is 0 Å². The maximum Gasteiger partial charge on any atom is 0.0912 e. The van der Waals surface area contributed by atoms with E-state index in [4.69, 9.17) is 5.10 Å². The maximum absolute atomic E-state index is 4.89. The van der Waals surface area contributed by atoms with Crippen molar-refractivity contribution in [2.24, 2.45) is 5.10 Å². The highest BCUT2D eigenvalue weighted by atomic mass is 79.9. The van der Waals surface area contributed by atoms with Gasteiger partial charge in [0, 0.05) is 14.5 Å². The fraction of sp³-hybridized carbons (Fsp3) is 0.0455. The highest BCUT2D eigenvalue weighted by Gasteiger charge is 2.17. The minimum atomic E-state index is 0.742. The number of hydrogen-bond donors (Lipinski definition) is 0. The minimum absolute atomic E-state index is 0.742. The SMILES string of the molecule is Brc1ccc(C2=CC(c3ccc(Br)cc3)=NN(c3ccccc3)C2)cc1. The Hall–Kier alpha value is -2.17. The van der Waals surface area contributed by atoms with E-state index in [1.165, 1.54) is 11.1 Å². The second-order valence-electron chi connectivity index (χ2n) is 6.06. The second-order valence-corrected chi connectivity index (χ2v) is 7.89. The smallest absolute Gasteiger partial charge is 0.0912 e. The summed E-state index contributed by atoms with van der Waals surface area (Å²) in [5.74, 6) is 0. The van der Waals surface area contributed by atoms with Gasteiger partial charge in [-0.25, -0.2) is 0 Å². The Kier molecular flexibility index (Phi) is 5.05. The summed E-state index contributed by atoms with van der Waals surface area (Å²) in [5.41, 5.74) is 5.60. The van der Waals surface area contributed by atoms with Crippen molar-refractivity contribution >= 4 is 48.8 Å². The predicted molar refractivity (Wildman–Crippen MR) is 117 cm³/mol. The third-order valence-electron chi connectivity index (χ3n) is 4.27. The van der Waals surface area contributed by atoms with E-state index in [-0.39, 0.29) is 0 Å². The summed E-state index contributed by atoms with van der Waals surface area (Å²) >= 11 is 7.02.